The molecule has 4 heteroatoms. The fourth-order valence-corrected chi connectivity index (χ4v) is 2.46. The van der Waals surface area contributed by atoms with Crippen LogP contribution in [-0.2, 0) is 6.42 Å². The number of Topliss-reactive ketones (excluding diaryl/α,β-unsaturated/α-hetero) is 1. The Kier molecular flexibility index (Phi) is 3.16. The van der Waals surface area contributed by atoms with Gasteiger partial charge in [0.25, 0.3) is 0 Å². The van der Waals surface area contributed by atoms with Crippen molar-refractivity contribution in [2.24, 2.45) is 0 Å². The summed E-state index contributed by atoms with van der Waals surface area (Å²) in [5, 5.41) is 8.71. The van der Waals surface area contributed by atoms with Crippen LogP contribution in [0.15, 0.2) is 23.9 Å². The highest BCUT2D eigenvalue weighted by molar-refractivity contribution is 7.99. The predicted octanol–water partition coefficient (Wildman–Crippen LogP) is 2.27. The van der Waals surface area contributed by atoms with Crippen molar-refractivity contribution in [1.29, 1.82) is 0 Å². The Morgan fingerprint density at radius 3 is 3.20 bits per heavy atom. The third kappa shape index (κ3) is 2.09. The van der Waals surface area contributed by atoms with Crippen molar-refractivity contribution in [3.05, 3.63) is 30.0 Å². The first kappa shape index (κ1) is 10.4. The molecule has 0 saturated heterocycles. The van der Waals surface area contributed by atoms with Crippen molar-refractivity contribution in [3.8, 4) is 0 Å². The van der Waals surface area contributed by atoms with Crippen molar-refractivity contribution in [1.82, 2.24) is 10.2 Å². The first-order valence-electron chi connectivity index (χ1n) is 4.94. The van der Waals surface area contributed by atoms with Gasteiger partial charge in [0, 0.05) is 12.2 Å². The number of hydrogen-bond donors (Lipinski definition) is 0. The topological polar surface area (TPSA) is 42.9 Å². The molecule has 1 aliphatic carbocycles. The van der Waals surface area contributed by atoms with Crippen molar-refractivity contribution in [2.45, 2.75) is 24.3 Å². The van der Waals surface area contributed by atoms with E-state index in [4.69, 9.17) is 0 Å². The number of fused-ring (bicyclic) bond motifs is 1. The van der Waals surface area contributed by atoms with Crippen LogP contribution in [0.2, 0.25) is 0 Å². The van der Waals surface area contributed by atoms with Crippen LogP contribution in [0.3, 0.4) is 0 Å². The summed E-state index contributed by atoms with van der Waals surface area (Å²) in [5.74, 6) is 0.969. The molecule has 0 unspecified atom stereocenters. The number of thioether (sulfide) groups is 1. The van der Waals surface area contributed by atoms with E-state index in [2.05, 4.69) is 16.8 Å². The zero-order valence-electron chi connectivity index (χ0n) is 8.40. The van der Waals surface area contributed by atoms with Gasteiger partial charge in [0.05, 0.1) is 11.8 Å². The maximum atomic E-state index is 11.8. The number of nitrogens with zero attached hydrogens (tertiary/aromatic N) is 2. The van der Waals surface area contributed by atoms with E-state index in [0.29, 0.717) is 6.42 Å². The van der Waals surface area contributed by atoms with E-state index < -0.39 is 0 Å². The van der Waals surface area contributed by atoms with Gasteiger partial charge >= 0.3 is 0 Å². The Hall–Kier alpha value is -1.16. The zero-order chi connectivity index (χ0) is 10.7. The lowest BCUT2D eigenvalue weighted by Crippen LogP contribution is -2.14. The molecule has 0 aromatic carbocycles. The van der Waals surface area contributed by atoms with Gasteiger partial charge < -0.3 is 0 Å². The van der Waals surface area contributed by atoms with Gasteiger partial charge in [0.1, 0.15) is 5.03 Å². The molecule has 0 fully saturated rings. The van der Waals surface area contributed by atoms with Crippen molar-refractivity contribution < 1.29 is 4.79 Å². The van der Waals surface area contributed by atoms with Crippen LogP contribution in [0.4, 0.5) is 0 Å². The van der Waals surface area contributed by atoms with Gasteiger partial charge in [-0.25, -0.2) is 0 Å². The fraction of sp³-hybridized carbons (Fsp3) is 0.364. The summed E-state index contributed by atoms with van der Waals surface area (Å²) < 4.78 is 0. The molecule has 2 rings (SSSR count). The normalized spacial score (nSPS) is 14.8. The summed E-state index contributed by atoms with van der Waals surface area (Å²) in [6.07, 6.45) is 6.03. The lowest BCUT2D eigenvalue weighted by atomic mass is 9.93. The molecule has 0 amide bonds. The number of aryl methyl sites for hydroxylation is 1. The van der Waals surface area contributed by atoms with E-state index in [0.717, 1.165) is 34.7 Å². The number of ketones is 1. The molecular formula is C11H12N2OS. The van der Waals surface area contributed by atoms with E-state index in [1.54, 1.807) is 12.3 Å². The lowest BCUT2D eigenvalue weighted by molar-refractivity contribution is 0.0968. The Balaban J connectivity index is 2.37. The van der Waals surface area contributed by atoms with Crippen molar-refractivity contribution in [3.63, 3.8) is 0 Å². The summed E-state index contributed by atoms with van der Waals surface area (Å²) in [6, 6.07) is 0. The number of carbonyl (C=O) groups excluding carboxylic acids is 1. The van der Waals surface area contributed by atoms with Gasteiger partial charge in [-0.15, -0.1) is 11.7 Å². The molecule has 15 heavy (non-hydrogen) atoms. The van der Waals surface area contributed by atoms with Crippen LogP contribution in [0.25, 0.3) is 0 Å². The minimum atomic E-state index is 0.206. The summed E-state index contributed by atoms with van der Waals surface area (Å²) in [5.41, 5.74) is 1.84. The second kappa shape index (κ2) is 4.57. The molecule has 3 nitrogen and oxygen atoms in total. The van der Waals surface area contributed by atoms with Gasteiger partial charge in [-0.3, -0.25) is 4.79 Å². The molecule has 0 N–H and O–H groups in total. The van der Waals surface area contributed by atoms with Crippen molar-refractivity contribution >= 4 is 17.5 Å². The second-order valence-electron chi connectivity index (χ2n) is 3.43. The highest BCUT2D eigenvalue weighted by atomic mass is 32.2. The minimum absolute atomic E-state index is 0.206. The highest BCUT2D eigenvalue weighted by Crippen LogP contribution is 2.28. The van der Waals surface area contributed by atoms with Gasteiger partial charge in [-0.1, -0.05) is 17.8 Å². The quantitative estimate of drug-likeness (QED) is 0.579. The van der Waals surface area contributed by atoms with Gasteiger partial charge in [-0.2, -0.15) is 5.10 Å². The number of carbonyl (C=O) groups is 1. The van der Waals surface area contributed by atoms with Crippen LogP contribution >= 0.6 is 11.8 Å². The third-order valence-corrected chi connectivity index (χ3v) is 3.33. The standard InChI is InChI=1S/C11H12N2OS/c1-2-6-15-11-10-8(7-12-13-11)4-3-5-9(10)14/h2,7H,1,3-6H2. The summed E-state index contributed by atoms with van der Waals surface area (Å²) in [7, 11) is 0. The molecule has 0 aliphatic heterocycles. The molecular weight excluding hydrogens is 208 g/mol. The summed E-state index contributed by atoms with van der Waals surface area (Å²) in [6.45, 7) is 3.65. The number of aromatic nitrogens is 2. The Labute approximate surface area is 93.0 Å². The number of hydrogen-bond acceptors (Lipinski definition) is 4. The van der Waals surface area contributed by atoms with Crippen LogP contribution in [0, 0.1) is 0 Å². The lowest BCUT2D eigenvalue weighted by Gasteiger charge is -2.15. The smallest absolute Gasteiger partial charge is 0.166 e. The molecule has 0 saturated carbocycles. The largest absolute Gasteiger partial charge is 0.294 e. The highest BCUT2D eigenvalue weighted by Gasteiger charge is 2.21. The molecule has 0 radical (unpaired) electrons. The predicted molar refractivity (Wildman–Crippen MR) is 60.2 cm³/mol. The van der Waals surface area contributed by atoms with Crippen LogP contribution < -0.4 is 0 Å². The first-order valence-corrected chi connectivity index (χ1v) is 5.93. The SMILES string of the molecule is C=CCSc1nncc2c1C(=O)CCC2. The van der Waals surface area contributed by atoms with Gasteiger partial charge in [0.15, 0.2) is 5.78 Å². The van der Waals surface area contributed by atoms with Crippen LogP contribution in [-0.4, -0.2) is 21.7 Å². The fourth-order valence-electron chi connectivity index (χ4n) is 1.69. The average Bonchev–Trinajstić information content (AvgIpc) is 2.26. The Morgan fingerprint density at radius 2 is 2.40 bits per heavy atom. The molecule has 1 heterocycles. The molecule has 1 aromatic heterocycles. The number of rotatable bonds is 3. The zero-order valence-corrected chi connectivity index (χ0v) is 9.22. The first-order chi connectivity index (χ1) is 7.33. The van der Waals surface area contributed by atoms with E-state index in [1.807, 2.05) is 0 Å². The molecule has 1 aromatic rings. The Morgan fingerprint density at radius 1 is 1.53 bits per heavy atom. The maximum absolute atomic E-state index is 11.8. The van der Waals surface area contributed by atoms with Crippen LogP contribution in [0.5, 0.6) is 0 Å². The van der Waals surface area contributed by atoms with Gasteiger partial charge in [-0.05, 0) is 18.4 Å². The molecule has 0 atom stereocenters. The molecule has 78 valence electrons. The van der Waals surface area contributed by atoms with Crippen molar-refractivity contribution in [2.75, 3.05) is 5.75 Å². The maximum Gasteiger partial charge on any atom is 0.166 e. The van der Waals surface area contributed by atoms with E-state index in [-0.39, 0.29) is 5.78 Å². The monoisotopic (exact) mass is 220 g/mol. The third-order valence-electron chi connectivity index (χ3n) is 2.36. The van der Waals surface area contributed by atoms with Crippen LogP contribution in [0.1, 0.15) is 28.8 Å². The summed E-state index contributed by atoms with van der Waals surface area (Å²) >= 11 is 1.53. The minimum Gasteiger partial charge on any atom is -0.294 e. The molecule has 0 spiro atoms. The second-order valence-corrected chi connectivity index (χ2v) is 4.44. The molecule has 0 bridgehead atoms. The van der Waals surface area contributed by atoms with E-state index in [1.165, 1.54) is 11.8 Å². The van der Waals surface area contributed by atoms with E-state index in [9.17, 15) is 4.79 Å². The molecule has 1 aliphatic rings. The average molecular weight is 220 g/mol. The van der Waals surface area contributed by atoms with Gasteiger partial charge in [0.2, 0.25) is 0 Å². The van der Waals surface area contributed by atoms with E-state index >= 15 is 0 Å². The summed E-state index contributed by atoms with van der Waals surface area (Å²) in [4.78, 5) is 11.8. The Bertz CT molecular complexity index is 404.